The van der Waals surface area contributed by atoms with Crippen molar-refractivity contribution >= 4 is 15.9 Å². The van der Waals surface area contributed by atoms with E-state index in [1.165, 1.54) is 24.9 Å². The summed E-state index contributed by atoms with van der Waals surface area (Å²) >= 11 is 3.41. The molecule has 1 saturated heterocycles. The summed E-state index contributed by atoms with van der Waals surface area (Å²) in [5.41, 5.74) is 1.33. The van der Waals surface area contributed by atoms with Gasteiger partial charge in [0.15, 0.2) is 0 Å². The number of nitrogens with one attached hydrogen (secondary N) is 1. The number of hydrogen-bond donors (Lipinski definition) is 1. The van der Waals surface area contributed by atoms with Crippen LogP contribution in [0.3, 0.4) is 0 Å². The predicted molar refractivity (Wildman–Crippen MR) is 69.3 cm³/mol. The zero-order valence-corrected chi connectivity index (χ0v) is 11.2. The molecule has 1 N–H and O–H groups in total. The molecule has 3 nitrogen and oxygen atoms in total. The van der Waals surface area contributed by atoms with Crippen LogP contribution in [-0.4, -0.2) is 36.1 Å². The molecule has 4 heteroatoms. The molecule has 0 radical (unpaired) electrons. The molecule has 0 aliphatic carbocycles. The van der Waals surface area contributed by atoms with Crippen LogP contribution in [0.5, 0.6) is 0 Å². The van der Waals surface area contributed by atoms with E-state index in [0.29, 0.717) is 6.04 Å². The number of likely N-dealkylation sites (N-methyl/N-ethyl adjacent to an activating group) is 1. The Morgan fingerprint density at radius 1 is 1.62 bits per heavy atom. The first-order chi connectivity index (χ1) is 7.78. The van der Waals surface area contributed by atoms with Crippen molar-refractivity contribution in [2.75, 3.05) is 20.1 Å². The average molecular weight is 284 g/mol. The predicted octanol–water partition coefficient (Wildman–Crippen LogP) is 2.03. The highest BCUT2D eigenvalue weighted by atomic mass is 79.9. The SMILES string of the molecule is CN[C@H]1CCCN(Cc2ccnc(Br)c2)C1. The smallest absolute Gasteiger partial charge is 0.106 e. The van der Waals surface area contributed by atoms with E-state index in [1.807, 2.05) is 6.20 Å². The molecular formula is C12H18BrN3. The third-order valence-electron chi connectivity index (χ3n) is 3.11. The maximum atomic E-state index is 4.15. The molecule has 0 aromatic carbocycles. The zero-order valence-electron chi connectivity index (χ0n) is 9.62. The molecule has 1 aromatic rings. The highest BCUT2D eigenvalue weighted by Crippen LogP contribution is 2.15. The molecule has 0 spiro atoms. The van der Waals surface area contributed by atoms with Crippen LogP contribution in [-0.2, 0) is 6.54 Å². The van der Waals surface area contributed by atoms with Gasteiger partial charge in [0.05, 0.1) is 0 Å². The molecule has 1 fully saturated rings. The second-order valence-electron chi connectivity index (χ2n) is 4.35. The van der Waals surface area contributed by atoms with Crippen LogP contribution in [0.1, 0.15) is 18.4 Å². The topological polar surface area (TPSA) is 28.2 Å². The monoisotopic (exact) mass is 283 g/mol. The Bertz CT molecular complexity index is 343. The van der Waals surface area contributed by atoms with Crippen molar-refractivity contribution in [3.8, 4) is 0 Å². The molecule has 16 heavy (non-hydrogen) atoms. The second kappa shape index (κ2) is 5.75. The summed E-state index contributed by atoms with van der Waals surface area (Å²) in [6.07, 6.45) is 4.45. The maximum absolute atomic E-state index is 4.15. The van der Waals surface area contributed by atoms with Gasteiger partial charge in [-0.15, -0.1) is 0 Å². The van der Waals surface area contributed by atoms with E-state index in [9.17, 15) is 0 Å². The number of piperidine rings is 1. The van der Waals surface area contributed by atoms with Crippen LogP contribution in [0, 0.1) is 0 Å². The molecule has 2 heterocycles. The number of nitrogens with zero attached hydrogens (tertiary/aromatic N) is 2. The van der Waals surface area contributed by atoms with Crippen LogP contribution in [0.4, 0.5) is 0 Å². The summed E-state index contributed by atoms with van der Waals surface area (Å²) in [6, 6.07) is 4.84. The van der Waals surface area contributed by atoms with E-state index in [1.54, 1.807) is 0 Å². The summed E-state index contributed by atoms with van der Waals surface area (Å²) in [6.45, 7) is 3.38. The molecule has 1 aromatic heterocycles. The Morgan fingerprint density at radius 3 is 3.25 bits per heavy atom. The van der Waals surface area contributed by atoms with Crippen LogP contribution in [0.25, 0.3) is 0 Å². The lowest BCUT2D eigenvalue weighted by Crippen LogP contribution is -2.43. The zero-order chi connectivity index (χ0) is 11.4. The van der Waals surface area contributed by atoms with E-state index >= 15 is 0 Å². The molecule has 1 aliphatic heterocycles. The fourth-order valence-electron chi connectivity index (χ4n) is 2.23. The van der Waals surface area contributed by atoms with Gasteiger partial charge in [-0.1, -0.05) is 0 Å². The number of aromatic nitrogens is 1. The Kier molecular flexibility index (Phi) is 4.32. The van der Waals surface area contributed by atoms with Gasteiger partial charge < -0.3 is 5.32 Å². The average Bonchev–Trinajstić information content (AvgIpc) is 2.29. The molecule has 2 rings (SSSR count). The maximum Gasteiger partial charge on any atom is 0.106 e. The number of likely N-dealkylation sites (tertiary alicyclic amines) is 1. The quantitative estimate of drug-likeness (QED) is 0.861. The lowest BCUT2D eigenvalue weighted by Gasteiger charge is -2.32. The summed E-state index contributed by atoms with van der Waals surface area (Å²) < 4.78 is 0.923. The van der Waals surface area contributed by atoms with Crippen molar-refractivity contribution in [1.82, 2.24) is 15.2 Å². The van der Waals surface area contributed by atoms with E-state index in [4.69, 9.17) is 0 Å². The normalized spacial score (nSPS) is 22.2. The van der Waals surface area contributed by atoms with Gasteiger partial charge in [-0.3, -0.25) is 4.90 Å². The first kappa shape index (κ1) is 12.0. The number of halogens is 1. The number of hydrogen-bond acceptors (Lipinski definition) is 3. The van der Waals surface area contributed by atoms with Gasteiger partial charge in [-0.25, -0.2) is 4.98 Å². The second-order valence-corrected chi connectivity index (χ2v) is 5.16. The van der Waals surface area contributed by atoms with Gasteiger partial charge in [0.2, 0.25) is 0 Å². The largest absolute Gasteiger partial charge is 0.316 e. The standard InChI is InChI=1S/C12H18BrN3/c1-14-11-3-2-6-16(9-11)8-10-4-5-15-12(13)7-10/h4-5,7,11,14H,2-3,6,8-9H2,1H3/t11-/m0/s1. The van der Waals surface area contributed by atoms with Gasteiger partial charge in [0.1, 0.15) is 4.60 Å². The van der Waals surface area contributed by atoms with Crippen LogP contribution in [0.2, 0.25) is 0 Å². The first-order valence-electron chi connectivity index (χ1n) is 5.78. The van der Waals surface area contributed by atoms with Crippen LogP contribution >= 0.6 is 15.9 Å². The molecule has 88 valence electrons. The van der Waals surface area contributed by atoms with Gasteiger partial charge in [0.25, 0.3) is 0 Å². The Labute approximate surface area is 105 Å². The molecule has 0 bridgehead atoms. The molecule has 0 amide bonds. The highest BCUT2D eigenvalue weighted by Gasteiger charge is 2.18. The van der Waals surface area contributed by atoms with E-state index in [0.717, 1.165) is 17.7 Å². The van der Waals surface area contributed by atoms with Crippen LogP contribution < -0.4 is 5.32 Å². The fourth-order valence-corrected chi connectivity index (χ4v) is 2.65. The summed E-state index contributed by atoms with van der Waals surface area (Å²) in [4.78, 5) is 6.66. The Balaban J connectivity index is 1.94. The minimum Gasteiger partial charge on any atom is -0.316 e. The third kappa shape index (κ3) is 3.27. The summed E-state index contributed by atoms with van der Waals surface area (Å²) in [5, 5.41) is 3.37. The molecule has 0 saturated carbocycles. The first-order valence-corrected chi connectivity index (χ1v) is 6.57. The third-order valence-corrected chi connectivity index (χ3v) is 3.54. The van der Waals surface area contributed by atoms with Crippen LogP contribution in [0.15, 0.2) is 22.9 Å². The van der Waals surface area contributed by atoms with Crippen molar-refractivity contribution in [2.45, 2.75) is 25.4 Å². The molecule has 1 aliphatic rings. The van der Waals surface area contributed by atoms with Gasteiger partial charge in [-0.2, -0.15) is 0 Å². The number of rotatable bonds is 3. The molecular weight excluding hydrogens is 266 g/mol. The highest BCUT2D eigenvalue weighted by molar-refractivity contribution is 9.10. The fraction of sp³-hybridized carbons (Fsp3) is 0.583. The molecule has 1 atom stereocenters. The Hall–Kier alpha value is -0.450. The van der Waals surface area contributed by atoms with Gasteiger partial charge >= 0.3 is 0 Å². The number of pyridine rings is 1. The lowest BCUT2D eigenvalue weighted by molar-refractivity contribution is 0.188. The van der Waals surface area contributed by atoms with Crippen molar-refractivity contribution in [1.29, 1.82) is 0 Å². The van der Waals surface area contributed by atoms with Crippen molar-refractivity contribution < 1.29 is 0 Å². The minimum atomic E-state index is 0.652. The van der Waals surface area contributed by atoms with Crippen molar-refractivity contribution in [2.24, 2.45) is 0 Å². The van der Waals surface area contributed by atoms with E-state index in [2.05, 4.69) is 50.3 Å². The van der Waals surface area contributed by atoms with E-state index < -0.39 is 0 Å². The van der Waals surface area contributed by atoms with Crippen molar-refractivity contribution in [3.05, 3.63) is 28.5 Å². The lowest BCUT2D eigenvalue weighted by atomic mass is 10.1. The summed E-state index contributed by atoms with van der Waals surface area (Å²) in [5.74, 6) is 0. The van der Waals surface area contributed by atoms with Crippen molar-refractivity contribution in [3.63, 3.8) is 0 Å². The molecule has 0 unspecified atom stereocenters. The van der Waals surface area contributed by atoms with Gasteiger partial charge in [-0.05, 0) is 60.1 Å². The van der Waals surface area contributed by atoms with E-state index in [-0.39, 0.29) is 0 Å². The minimum absolute atomic E-state index is 0.652. The summed E-state index contributed by atoms with van der Waals surface area (Å²) in [7, 11) is 2.05. The van der Waals surface area contributed by atoms with Gasteiger partial charge in [0, 0.05) is 25.3 Å². The Morgan fingerprint density at radius 2 is 2.50 bits per heavy atom.